The molecule has 0 spiro atoms. The number of nitriles is 1. The molecule has 1 fully saturated rings. The normalized spacial score (nSPS) is 17.8. The number of carbonyl (C=O) groups excluding carboxylic acids is 1. The molecular formula is C21H16N6O2. The molecule has 1 amide bonds. The number of fused-ring (bicyclic) bond motifs is 1. The van der Waals surface area contributed by atoms with E-state index in [0.29, 0.717) is 28.7 Å². The number of imidazole rings is 1. The third kappa shape index (κ3) is 3.02. The minimum atomic E-state index is -0.257. The number of aromatic nitrogens is 4. The first-order valence-electron chi connectivity index (χ1n) is 9.22. The molecule has 29 heavy (non-hydrogen) atoms. The second-order valence-corrected chi connectivity index (χ2v) is 7.09. The average molecular weight is 384 g/mol. The summed E-state index contributed by atoms with van der Waals surface area (Å²) in [6.07, 6.45) is 4.11. The van der Waals surface area contributed by atoms with E-state index in [-0.39, 0.29) is 17.7 Å². The van der Waals surface area contributed by atoms with Crippen LogP contribution in [-0.4, -0.2) is 25.4 Å². The summed E-state index contributed by atoms with van der Waals surface area (Å²) in [5, 5.41) is 15.9. The van der Waals surface area contributed by atoms with Gasteiger partial charge in [0.05, 0.1) is 24.1 Å². The van der Waals surface area contributed by atoms with Gasteiger partial charge >= 0.3 is 0 Å². The Morgan fingerprint density at radius 3 is 3.07 bits per heavy atom. The number of benzene rings is 1. The van der Waals surface area contributed by atoms with Crippen LogP contribution in [0.2, 0.25) is 0 Å². The van der Waals surface area contributed by atoms with Gasteiger partial charge in [0.25, 0.3) is 5.91 Å². The van der Waals surface area contributed by atoms with E-state index in [1.165, 1.54) is 0 Å². The molecule has 0 unspecified atom stereocenters. The van der Waals surface area contributed by atoms with Crippen LogP contribution >= 0.6 is 0 Å². The largest absolute Gasteiger partial charge is 0.339 e. The summed E-state index contributed by atoms with van der Waals surface area (Å²) in [6, 6.07) is 13.4. The molecule has 1 saturated carbocycles. The maximum atomic E-state index is 12.8. The van der Waals surface area contributed by atoms with Crippen molar-refractivity contribution in [1.82, 2.24) is 19.5 Å². The van der Waals surface area contributed by atoms with E-state index in [4.69, 9.17) is 9.78 Å². The number of anilines is 1. The molecule has 8 nitrogen and oxygen atoms in total. The quantitative estimate of drug-likeness (QED) is 0.576. The predicted molar refractivity (Wildman–Crippen MR) is 104 cm³/mol. The summed E-state index contributed by atoms with van der Waals surface area (Å²) in [6.45, 7) is 1.91. The lowest BCUT2D eigenvalue weighted by Gasteiger charge is -2.09. The molecule has 8 heteroatoms. The van der Waals surface area contributed by atoms with E-state index >= 15 is 0 Å². The molecule has 3 aromatic heterocycles. The van der Waals surface area contributed by atoms with Crippen LogP contribution < -0.4 is 5.32 Å². The molecule has 0 aliphatic heterocycles. The standard InChI is InChI=1S/C21H16N6O2/c1-12-5-6-13(19-25-21(29-26-19)15-8-14(15)10-22)9-16(12)24-20(28)17-11-23-18-4-2-3-7-27(17)18/h2-7,9,11,14-15H,8H2,1H3,(H,24,28)/t14-,15-/m1/s1. The van der Waals surface area contributed by atoms with E-state index in [1.54, 1.807) is 16.8 Å². The molecule has 0 radical (unpaired) electrons. The Kier molecular flexibility index (Phi) is 3.88. The molecule has 5 rings (SSSR count). The second-order valence-electron chi connectivity index (χ2n) is 7.09. The number of amides is 1. The highest BCUT2D eigenvalue weighted by molar-refractivity contribution is 6.04. The minimum absolute atomic E-state index is 0.0287. The number of nitrogens with one attached hydrogen (secondary N) is 1. The Labute approximate surface area is 165 Å². The molecule has 1 aliphatic rings. The van der Waals surface area contributed by atoms with Crippen LogP contribution in [0.1, 0.15) is 34.3 Å². The summed E-state index contributed by atoms with van der Waals surface area (Å²) in [7, 11) is 0. The van der Waals surface area contributed by atoms with Crippen molar-refractivity contribution in [2.45, 2.75) is 19.3 Å². The lowest BCUT2D eigenvalue weighted by atomic mass is 10.1. The number of aryl methyl sites for hydroxylation is 1. The molecule has 142 valence electrons. The summed E-state index contributed by atoms with van der Waals surface area (Å²) >= 11 is 0. The Morgan fingerprint density at radius 1 is 1.34 bits per heavy atom. The fourth-order valence-corrected chi connectivity index (χ4v) is 3.30. The topological polar surface area (TPSA) is 109 Å². The van der Waals surface area contributed by atoms with Crippen LogP contribution in [-0.2, 0) is 0 Å². The van der Waals surface area contributed by atoms with Gasteiger partial charge in [0.1, 0.15) is 11.3 Å². The SMILES string of the molecule is Cc1ccc(-c2noc([C@@H]3C[C@@H]3C#N)n2)cc1NC(=O)c1cnc2ccccn12. The Bertz CT molecular complexity index is 1280. The molecule has 3 heterocycles. The Morgan fingerprint density at radius 2 is 2.24 bits per heavy atom. The lowest BCUT2D eigenvalue weighted by Crippen LogP contribution is -2.15. The third-order valence-corrected chi connectivity index (χ3v) is 5.11. The highest BCUT2D eigenvalue weighted by Crippen LogP contribution is 2.46. The van der Waals surface area contributed by atoms with Crippen LogP contribution in [0, 0.1) is 24.2 Å². The van der Waals surface area contributed by atoms with Crippen LogP contribution in [0.4, 0.5) is 5.69 Å². The van der Waals surface area contributed by atoms with Gasteiger partial charge in [-0.25, -0.2) is 4.98 Å². The van der Waals surface area contributed by atoms with Gasteiger partial charge in [-0.3, -0.25) is 9.20 Å². The maximum Gasteiger partial charge on any atom is 0.274 e. The number of carbonyl (C=O) groups is 1. The zero-order chi connectivity index (χ0) is 20.0. The van der Waals surface area contributed by atoms with Gasteiger partial charge in [-0.1, -0.05) is 23.4 Å². The van der Waals surface area contributed by atoms with Crippen molar-refractivity contribution in [3.63, 3.8) is 0 Å². The van der Waals surface area contributed by atoms with Gasteiger partial charge in [0, 0.05) is 17.4 Å². The van der Waals surface area contributed by atoms with Gasteiger partial charge in [0.15, 0.2) is 0 Å². The highest BCUT2D eigenvalue weighted by atomic mass is 16.5. The van der Waals surface area contributed by atoms with Gasteiger partial charge in [-0.05, 0) is 37.1 Å². The van der Waals surface area contributed by atoms with Crippen LogP contribution in [0.15, 0.2) is 53.3 Å². The third-order valence-electron chi connectivity index (χ3n) is 5.11. The van der Waals surface area contributed by atoms with E-state index in [0.717, 1.165) is 17.5 Å². The van der Waals surface area contributed by atoms with Crippen molar-refractivity contribution in [1.29, 1.82) is 5.26 Å². The van der Waals surface area contributed by atoms with Crippen LogP contribution in [0.25, 0.3) is 17.0 Å². The highest BCUT2D eigenvalue weighted by Gasteiger charge is 2.43. The zero-order valence-corrected chi connectivity index (χ0v) is 15.5. The monoisotopic (exact) mass is 384 g/mol. The minimum Gasteiger partial charge on any atom is -0.339 e. The van der Waals surface area contributed by atoms with Crippen molar-refractivity contribution in [2.75, 3.05) is 5.32 Å². The number of hydrogen-bond acceptors (Lipinski definition) is 6. The molecule has 1 aliphatic carbocycles. The molecule has 1 N–H and O–H groups in total. The number of nitrogens with zero attached hydrogens (tertiary/aromatic N) is 5. The van der Waals surface area contributed by atoms with Crippen LogP contribution in [0.5, 0.6) is 0 Å². The first kappa shape index (κ1) is 17.1. The molecule has 4 aromatic rings. The summed E-state index contributed by atoms with van der Waals surface area (Å²) < 4.78 is 7.06. The first-order valence-corrected chi connectivity index (χ1v) is 9.22. The summed E-state index contributed by atoms with van der Waals surface area (Å²) in [5.74, 6) is 0.660. The van der Waals surface area contributed by atoms with Crippen molar-refractivity contribution in [3.05, 3.63) is 65.9 Å². The van der Waals surface area contributed by atoms with E-state index < -0.39 is 0 Å². The molecule has 1 aromatic carbocycles. The van der Waals surface area contributed by atoms with Gasteiger partial charge < -0.3 is 9.84 Å². The summed E-state index contributed by atoms with van der Waals surface area (Å²) in [4.78, 5) is 21.5. The number of hydrogen-bond donors (Lipinski definition) is 1. The lowest BCUT2D eigenvalue weighted by molar-refractivity contribution is 0.102. The van der Waals surface area contributed by atoms with E-state index in [2.05, 4.69) is 26.5 Å². The van der Waals surface area contributed by atoms with E-state index in [1.807, 2.05) is 43.3 Å². The van der Waals surface area contributed by atoms with Crippen molar-refractivity contribution >= 4 is 17.2 Å². The molecule has 0 bridgehead atoms. The Balaban J connectivity index is 1.41. The number of pyridine rings is 1. The van der Waals surface area contributed by atoms with Crippen molar-refractivity contribution in [3.8, 4) is 17.5 Å². The van der Waals surface area contributed by atoms with Crippen molar-refractivity contribution < 1.29 is 9.32 Å². The van der Waals surface area contributed by atoms with Crippen molar-refractivity contribution in [2.24, 2.45) is 5.92 Å². The average Bonchev–Trinajstić information content (AvgIpc) is 3.15. The zero-order valence-electron chi connectivity index (χ0n) is 15.5. The molecule has 0 saturated heterocycles. The predicted octanol–water partition coefficient (Wildman–Crippen LogP) is 3.57. The fraction of sp³-hybridized carbons (Fsp3) is 0.190. The van der Waals surface area contributed by atoms with Gasteiger partial charge in [-0.15, -0.1) is 0 Å². The van der Waals surface area contributed by atoms with Gasteiger partial charge in [-0.2, -0.15) is 10.2 Å². The summed E-state index contributed by atoms with van der Waals surface area (Å²) in [5.41, 5.74) is 3.45. The number of rotatable bonds is 4. The van der Waals surface area contributed by atoms with E-state index in [9.17, 15) is 4.79 Å². The molecular weight excluding hydrogens is 368 g/mol. The fourth-order valence-electron chi connectivity index (χ4n) is 3.30. The smallest absolute Gasteiger partial charge is 0.274 e. The maximum absolute atomic E-state index is 12.8. The first-order chi connectivity index (χ1) is 14.1. The molecule has 2 atom stereocenters. The second kappa shape index (κ2) is 6.56. The Hall–Kier alpha value is -3.99. The van der Waals surface area contributed by atoms with Crippen LogP contribution in [0.3, 0.4) is 0 Å². The van der Waals surface area contributed by atoms with Gasteiger partial charge in [0.2, 0.25) is 11.7 Å².